The average Bonchev–Trinajstić information content (AvgIpc) is 2.88. The highest BCUT2D eigenvalue weighted by Crippen LogP contribution is 2.34. The summed E-state index contributed by atoms with van der Waals surface area (Å²) in [6, 6.07) is 4.38. The molecule has 2 aromatic rings. The number of hydrogen-bond donors (Lipinski definition) is 1. The van der Waals surface area contributed by atoms with Gasteiger partial charge in [-0.1, -0.05) is 24.6 Å². The molecule has 19 heavy (non-hydrogen) atoms. The van der Waals surface area contributed by atoms with Crippen LogP contribution in [-0.2, 0) is 6.42 Å². The maximum absolute atomic E-state index is 5.59. The SMILES string of the molecule is CCC(Cc1cn[nH]n1)c1cc(C)cc(C)c1OC. The lowest BCUT2D eigenvalue weighted by molar-refractivity contribution is 0.400. The minimum atomic E-state index is 0.402. The number of nitrogens with zero attached hydrogens (tertiary/aromatic N) is 2. The highest BCUT2D eigenvalue weighted by Gasteiger charge is 2.18. The standard InChI is InChI=1S/C15H21N3O/c1-5-12(8-13-9-16-18-17-13)14-7-10(2)6-11(3)15(14)19-4/h6-7,9,12H,5,8H2,1-4H3,(H,16,17,18). The fourth-order valence-corrected chi connectivity index (χ4v) is 2.62. The molecule has 4 nitrogen and oxygen atoms in total. The minimum absolute atomic E-state index is 0.402. The first-order valence-corrected chi connectivity index (χ1v) is 6.65. The van der Waals surface area contributed by atoms with E-state index in [4.69, 9.17) is 4.74 Å². The van der Waals surface area contributed by atoms with Crippen molar-refractivity contribution < 1.29 is 4.74 Å². The third-order valence-electron chi connectivity index (χ3n) is 3.50. The van der Waals surface area contributed by atoms with Crippen LogP contribution >= 0.6 is 0 Å². The lowest BCUT2D eigenvalue weighted by atomic mass is 9.89. The molecule has 1 aromatic heterocycles. The van der Waals surface area contributed by atoms with Gasteiger partial charge >= 0.3 is 0 Å². The zero-order chi connectivity index (χ0) is 13.8. The Morgan fingerprint density at radius 1 is 1.32 bits per heavy atom. The summed E-state index contributed by atoms with van der Waals surface area (Å²) >= 11 is 0. The molecule has 0 saturated heterocycles. The predicted octanol–water partition coefficient (Wildman–Crippen LogP) is 3.17. The molecule has 1 unspecified atom stereocenters. The Balaban J connectivity index is 2.37. The van der Waals surface area contributed by atoms with Gasteiger partial charge in [-0.05, 0) is 37.3 Å². The van der Waals surface area contributed by atoms with E-state index in [0.29, 0.717) is 5.92 Å². The first-order chi connectivity index (χ1) is 9.15. The Morgan fingerprint density at radius 3 is 2.68 bits per heavy atom. The molecule has 1 atom stereocenters. The summed E-state index contributed by atoms with van der Waals surface area (Å²) in [6.07, 6.45) is 3.72. The Kier molecular flexibility index (Phi) is 4.20. The number of methoxy groups -OCH3 is 1. The minimum Gasteiger partial charge on any atom is -0.496 e. The van der Waals surface area contributed by atoms with Crippen LogP contribution in [0.1, 0.15) is 41.6 Å². The summed E-state index contributed by atoms with van der Waals surface area (Å²) in [5, 5.41) is 10.7. The summed E-state index contributed by atoms with van der Waals surface area (Å²) < 4.78 is 5.59. The number of ether oxygens (including phenoxy) is 1. The van der Waals surface area contributed by atoms with E-state index in [0.717, 1.165) is 24.3 Å². The summed E-state index contributed by atoms with van der Waals surface area (Å²) in [6.45, 7) is 6.42. The van der Waals surface area contributed by atoms with Gasteiger partial charge in [-0.2, -0.15) is 15.4 Å². The van der Waals surface area contributed by atoms with Crippen LogP contribution in [0.4, 0.5) is 0 Å². The van der Waals surface area contributed by atoms with Gasteiger partial charge in [-0.3, -0.25) is 0 Å². The molecule has 1 N–H and O–H groups in total. The van der Waals surface area contributed by atoms with Gasteiger partial charge in [0.2, 0.25) is 0 Å². The fourth-order valence-electron chi connectivity index (χ4n) is 2.62. The number of aromatic nitrogens is 3. The van der Waals surface area contributed by atoms with E-state index < -0.39 is 0 Å². The van der Waals surface area contributed by atoms with E-state index in [1.165, 1.54) is 16.7 Å². The monoisotopic (exact) mass is 259 g/mol. The zero-order valence-electron chi connectivity index (χ0n) is 12.0. The number of H-pyrrole nitrogens is 1. The van der Waals surface area contributed by atoms with E-state index in [1.54, 1.807) is 13.3 Å². The molecule has 2 rings (SSSR count). The van der Waals surface area contributed by atoms with Crippen molar-refractivity contribution in [3.8, 4) is 5.75 Å². The van der Waals surface area contributed by atoms with Gasteiger partial charge in [0, 0.05) is 6.42 Å². The lowest BCUT2D eigenvalue weighted by Crippen LogP contribution is -2.06. The van der Waals surface area contributed by atoms with Crippen LogP contribution in [0.5, 0.6) is 5.75 Å². The Labute approximate surface area is 114 Å². The van der Waals surface area contributed by atoms with Crippen LogP contribution in [0.3, 0.4) is 0 Å². The normalized spacial score (nSPS) is 12.4. The molecule has 1 heterocycles. The van der Waals surface area contributed by atoms with Crippen LogP contribution < -0.4 is 4.74 Å². The molecule has 0 aliphatic heterocycles. The molecule has 0 radical (unpaired) electrons. The van der Waals surface area contributed by atoms with Crippen LogP contribution in [0.15, 0.2) is 18.3 Å². The smallest absolute Gasteiger partial charge is 0.125 e. The first-order valence-electron chi connectivity index (χ1n) is 6.65. The second kappa shape index (κ2) is 5.87. The van der Waals surface area contributed by atoms with Crippen molar-refractivity contribution in [2.75, 3.05) is 7.11 Å². The van der Waals surface area contributed by atoms with Crippen LogP contribution in [0, 0.1) is 13.8 Å². The molecule has 1 aromatic carbocycles. The molecule has 102 valence electrons. The topological polar surface area (TPSA) is 50.8 Å². The van der Waals surface area contributed by atoms with E-state index in [-0.39, 0.29) is 0 Å². The molecular weight excluding hydrogens is 238 g/mol. The fraction of sp³-hybridized carbons (Fsp3) is 0.467. The van der Waals surface area contributed by atoms with Crippen LogP contribution in [0.25, 0.3) is 0 Å². The van der Waals surface area contributed by atoms with E-state index in [2.05, 4.69) is 48.3 Å². The second-order valence-electron chi connectivity index (χ2n) is 4.97. The van der Waals surface area contributed by atoms with E-state index >= 15 is 0 Å². The maximum Gasteiger partial charge on any atom is 0.125 e. The summed E-state index contributed by atoms with van der Waals surface area (Å²) in [7, 11) is 1.74. The highest BCUT2D eigenvalue weighted by atomic mass is 16.5. The molecule has 0 aliphatic carbocycles. The van der Waals surface area contributed by atoms with Crippen molar-refractivity contribution >= 4 is 0 Å². The third kappa shape index (κ3) is 2.95. The number of hydrogen-bond acceptors (Lipinski definition) is 3. The Hall–Kier alpha value is -1.84. The van der Waals surface area contributed by atoms with Crippen molar-refractivity contribution in [2.45, 2.75) is 39.5 Å². The van der Waals surface area contributed by atoms with Gasteiger partial charge in [0.1, 0.15) is 5.75 Å². The molecule has 0 fully saturated rings. The molecule has 0 amide bonds. The largest absolute Gasteiger partial charge is 0.496 e. The van der Waals surface area contributed by atoms with Crippen molar-refractivity contribution in [3.63, 3.8) is 0 Å². The number of nitrogens with one attached hydrogen (secondary N) is 1. The van der Waals surface area contributed by atoms with Crippen LogP contribution in [-0.4, -0.2) is 22.5 Å². The predicted molar refractivity (Wildman–Crippen MR) is 75.6 cm³/mol. The summed E-state index contributed by atoms with van der Waals surface area (Å²) in [5.74, 6) is 1.40. The van der Waals surface area contributed by atoms with Crippen molar-refractivity contribution in [2.24, 2.45) is 0 Å². The summed E-state index contributed by atoms with van der Waals surface area (Å²) in [5.41, 5.74) is 4.72. The Bertz CT molecular complexity index is 535. The number of aryl methyl sites for hydroxylation is 2. The van der Waals surface area contributed by atoms with Crippen molar-refractivity contribution in [3.05, 3.63) is 40.7 Å². The van der Waals surface area contributed by atoms with Gasteiger partial charge in [-0.25, -0.2) is 0 Å². The van der Waals surface area contributed by atoms with E-state index in [9.17, 15) is 0 Å². The lowest BCUT2D eigenvalue weighted by Gasteiger charge is -2.20. The number of rotatable bonds is 5. The third-order valence-corrected chi connectivity index (χ3v) is 3.50. The molecule has 0 bridgehead atoms. The molecule has 0 saturated carbocycles. The van der Waals surface area contributed by atoms with Gasteiger partial charge < -0.3 is 4.74 Å². The molecule has 0 spiro atoms. The second-order valence-corrected chi connectivity index (χ2v) is 4.97. The first kappa shape index (κ1) is 13.6. The van der Waals surface area contributed by atoms with Crippen LogP contribution in [0.2, 0.25) is 0 Å². The van der Waals surface area contributed by atoms with Gasteiger partial charge in [-0.15, -0.1) is 0 Å². The average molecular weight is 259 g/mol. The molecule has 0 aliphatic rings. The van der Waals surface area contributed by atoms with Crippen molar-refractivity contribution in [1.82, 2.24) is 15.4 Å². The molecular formula is C15H21N3O. The highest BCUT2D eigenvalue weighted by molar-refractivity contribution is 5.46. The molecule has 4 heteroatoms. The van der Waals surface area contributed by atoms with Gasteiger partial charge in [0.25, 0.3) is 0 Å². The Morgan fingerprint density at radius 2 is 2.11 bits per heavy atom. The van der Waals surface area contributed by atoms with Crippen molar-refractivity contribution in [1.29, 1.82) is 0 Å². The quantitative estimate of drug-likeness (QED) is 0.897. The maximum atomic E-state index is 5.59. The number of aromatic amines is 1. The van der Waals surface area contributed by atoms with E-state index in [1.807, 2.05) is 0 Å². The zero-order valence-corrected chi connectivity index (χ0v) is 12.0. The number of benzene rings is 1. The summed E-state index contributed by atoms with van der Waals surface area (Å²) in [4.78, 5) is 0. The van der Waals surface area contributed by atoms with Gasteiger partial charge in [0.05, 0.1) is 19.0 Å². The van der Waals surface area contributed by atoms with Gasteiger partial charge in [0.15, 0.2) is 0 Å².